The number of hydrogen-bond donors (Lipinski definition) is 2. The summed E-state index contributed by atoms with van der Waals surface area (Å²) in [5.41, 5.74) is 6.92. The maximum Gasteiger partial charge on any atom is 0.231 e. The normalized spacial score (nSPS) is 16.6. The number of benzene rings is 1. The molecule has 1 saturated heterocycles. The molecule has 0 radical (unpaired) electrons. The van der Waals surface area contributed by atoms with Crippen LogP contribution in [0, 0.1) is 11.7 Å². The van der Waals surface area contributed by atoms with Crippen molar-refractivity contribution in [3.8, 4) is 0 Å². The molecule has 0 saturated carbocycles. The third-order valence-electron chi connectivity index (χ3n) is 4.87. The zero-order valence-corrected chi connectivity index (χ0v) is 15.0. The van der Waals surface area contributed by atoms with Crippen LogP contribution in [0.5, 0.6) is 0 Å². The summed E-state index contributed by atoms with van der Waals surface area (Å²) in [4.78, 5) is 29.9. The lowest BCUT2D eigenvalue weighted by molar-refractivity contribution is -0.127. The topological polar surface area (TPSA) is 88.3 Å². The van der Waals surface area contributed by atoms with Crippen molar-refractivity contribution >= 4 is 11.8 Å². The second kappa shape index (κ2) is 8.73. The average molecular weight is 370 g/mol. The Hall–Kier alpha value is -2.80. The Balaban J connectivity index is 1.70. The molecule has 0 spiro atoms. The van der Waals surface area contributed by atoms with Crippen LogP contribution in [0.3, 0.4) is 0 Å². The number of aromatic nitrogens is 1. The third-order valence-corrected chi connectivity index (χ3v) is 4.87. The van der Waals surface area contributed by atoms with Gasteiger partial charge in [-0.15, -0.1) is 0 Å². The van der Waals surface area contributed by atoms with E-state index in [9.17, 15) is 14.0 Å². The number of primary amides is 1. The van der Waals surface area contributed by atoms with Crippen LogP contribution in [0.1, 0.15) is 30.0 Å². The van der Waals surface area contributed by atoms with E-state index in [-0.39, 0.29) is 36.1 Å². The number of carbonyl (C=O) groups excluding carboxylic acids is 2. The van der Waals surface area contributed by atoms with Gasteiger partial charge in [0, 0.05) is 18.3 Å². The first kappa shape index (κ1) is 19.0. The fourth-order valence-electron chi connectivity index (χ4n) is 3.40. The third kappa shape index (κ3) is 5.10. The van der Waals surface area contributed by atoms with E-state index in [1.54, 1.807) is 24.5 Å². The highest BCUT2D eigenvalue weighted by Gasteiger charge is 2.27. The van der Waals surface area contributed by atoms with Crippen LogP contribution in [0.4, 0.5) is 4.39 Å². The number of carbonyl (C=O) groups is 2. The summed E-state index contributed by atoms with van der Waals surface area (Å²) in [5, 5.41) is 3.10. The lowest BCUT2D eigenvalue weighted by atomic mass is 9.93. The summed E-state index contributed by atoms with van der Waals surface area (Å²) in [6, 6.07) is 9.43. The summed E-state index contributed by atoms with van der Waals surface area (Å²) >= 11 is 0. The monoisotopic (exact) mass is 370 g/mol. The predicted molar refractivity (Wildman–Crippen MR) is 99.0 cm³/mol. The zero-order chi connectivity index (χ0) is 19.2. The van der Waals surface area contributed by atoms with Crippen molar-refractivity contribution < 1.29 is 14.0 Å². The number of nitrogens with two attached hydrogens (primary N) is 1. The number of amides is 2. The maximum absolute atomic E-state index is 13.3. The first-order valence-electron chi connectivity index (χ1n) is 8.99. The Kier molecular flexibility index (Phi) is 6.13. The van der Waals surface area contributed by atoms with Crippen LogP contribution in [0.25, 0.3) is 0 Å². The summed E-state index contributed by atoms with van der Waals surface area (Å²) in [7, 11) is 0. The number of nitrogens with one attached hydrogen (secondary N) is 1. The molecule has 3 N–H and O–H groups in total. The highest BCUT2D eigenvalue weighted by molar-refractivity contribution is 5.80. The van der Waals surface area contributed by atoms with E-state index < -0.39 is 0 Å². The van der Waals surface area contributed by atoms with Gasteiger partial charge in [-0.3, -0.25) is 19.5 Å². The van der Waals surface area contributed by atoms with E-state index in [4.69, 9.17) is 5.73 Å². The molecule has 1 aliphatic rings. The van der Waals surface area contributed by atoms with Crippen LogP contribution in [-0.2, 0) is 9.59 Å². The Morgan fingerprint density at radius 1 is 1.11 bits per heavy atom. The average Bonchev–Trinajstić information content (AvgIpc) is 2.67. The van der Waals surface area contributed by atoms with Gasteiger partial charge in [0.2, 0.25) is 11.8 Å². The van der Waals surface area contributed by atoms with E-state index in [1.165, 1.54) is 12.1 Å². The molecule has 2 aromatic rings. The van der Waals surface area contributed by atoms with E-state index in [0.717, 1.165) is 11.1 Å². The first-order valence-corrected chi connectivity index (χ1v) is 8.99. The Morgan fingerprint density at radius 2 is 1.70 bits per heavy atom. The molecule has 1 aliphatic heterocycles. The number of pyridine rings is 1. The highest BCUT2D eigenvalue weighted by Crippen LogP contribution is 2.24. The Morgan fingerprint density at radius 3 is 2.30 bits per heavy atom. The van der Waals surface area contributed by atoms with Crippen molar-refractivity contribution in [2.24, 2.45) is 11.7 Å². The van der Waals surface area contributed by atoms with Crippen molar-refractivity contribution in [1.82, 2.24) is 15.2 Å². The van der Waals surface area contributed by atoms with Gasteiger partial charge in [-0.25, -0.2) is 4.39 Å². The molecule has 0 bridgehead atoms. The van der Waals surface area contributed by atoms with Crippen LogP contribution >= 0.6 is 0 Å². The number of halogens is 1. The first-order chi connectivity index (χ1) is 13.0. The number of piperidine rings is 1. The SMILES string of the molecule is NC(=O)CN1CCC(C(=O)N[C@@H](c2ccncc2)c2ccc(F)cc2)CC1. The summed E-state index contributed by atoms with van der Waals surface area (Å²) < 4.78 is 13.3. The largest absolute Gasteiger partial charge is 0.369 e. The van der Waals surface area contributed by atoms with Crippen molar-refractivity contribution in [1.29, 1.82) is 0 Å². The van der Waals surface area contributed by atoms with Gasteiger partial charge in [-0.2, -0.15) is 0 Å². The molecular formula is C20H23FN4O2. The molecule has 2 heterocycles. The second-order valence-electron chi connectivity index (χ2n) is 6.79. The number of nitrogens with zero attached hydrogens (tertiary/aromatic N) is 2. The quantitative estimate of drug-likeness (QED) is 0.809. The zero-order valence-electron chi connectivity index (χ0n) is 15.0. The smallest absolute Gasteiger partial charge is 0.231 e. The lowest BCUT2D eigenvalue weighted by Crippen LogP contribution is -2.44. The maximum atomic E-state index is 13.3. The van der Waals surface area contributed by atoms with E-state index >= 15 is 0 Å². The van der Waals surface area contributed by atoms with Crippen molar-refractivity contribution in [3.63, 3.8) is 0 Å². The molecule has 0 aliphatic carbocycles. The van der Waals surface area contributed by atoms with Gasteiger partial charge >= 0.3 is 0 Å². The molecule has 7 heteroatoms. The van der Waals surface area contributed by atoms with Gasteiger partial charge in [0.05, 0.1) is 12.6 Å². The number of likely N-dealkylation sites (tertiary alicyclic amines) is 1. The van der Waals surface area contributed by atoms with Crippen LogP contribution in [-0.4, -0.2) is 41.3 Å². The van der Waals surface area contributed by atoms with Gasteiger partial charge in [-0.1, -0.05) is 12.1 Å². The van der Waals surface area contributed by atoms with Gasteiger partial charge < -0.3 is 11.1 Å². The molecule has 0 unspecified atom stereocenters. The fourth-order valence-corrected chi connectivity index (χ4v) is 3.40. The fraction of sp³-hybridized carbons (Fsp3) is 0.350. The Labute approximate surface area is 157 Å². The molecule has 3 rings (SSSR count). The summed E-state index contributed by atoms with van der Waals surface area (Å²) in [6.45, 7) is 1.55. The molecule has 2 amide bonds. The molecule has 1 aromatic carbocycles. The summed E-state index contributed by atoms with van der Waals surface area (Å²) in [6.07, 6.45) is 4.68. The van der Waals surface area contributed by atoms with Crippen LogP contribution in [0.15, 0.2) is 48.8 Å². The second-order valence-corrected chi connectivity index (χ2v) is 6.79. The van der Waals surface area contributed by atoms with Crippen molar-refractivity contribution in [2.75, 3.05) is 19.6 Å². The van der Waals surface area contributed by atoms with Gasteiger partial charge in [0.15, 0.2) is 0 Å². The summed E-state index contributed by atoms with van der Waals surface area (Å²) in [5.74, 6) is -0.842. The molecule has 1 aromatic heterocycles. The molecule has 1 atom stereocenters. The molecule has 142 valence electrons. The Bertz CT molecular complexity index is 774. The van der Waals surface area contributed by atoms with E-state index in [0.29, 0.717) is 25.9 Å². The van der Waals surface area contributed by atoms with Gasteiger partial charge in [-0.05, 0) is 61.3 Å². The van der Waals surface area contributed by atoms with Crippen molar-refractivity contribution in [2.45, 2.75) is 18.9 Å². The molecule has 6 nitrogen and oxygen atoms in total. The molecular weight excluding hydrogens is 347 g/mol. The number of rotatable bonds is 6. The minimum Gasteiger partial charge on any atom is -0.369 e. The van der Waals surface area contributed by atoms with E-state index in [2.05, 4.69) is 10.3 Å². The predicted octanol–water partition coefficient (Wildman–Crippen LogP) is 1.62. The molecule has 27 heavy (non-hydrogen) atoms. The van der Waals surface area contributed by atoms with E-state index in [1.807, 2.05) is 17.0 Å². The lowest BCUT2D eigenvalue weighted by Gasteiger charge is -2.31. The number of hydrogen-bond acceptors (Lipinski definition) is 4. The van der Waals surface area contributed by atoms with Gasteiger partial charge in [0.25, 0.3) is 0 Å². The molecule has 1 fully saturated rings. The van der Waals surface area contributed by atoms with Crippen LogP contribution in [0.2, 0.25) is 0 Å². The van der Waals surface area contributed by atoms with Crippen molar-refractivity contribution in [3.05, 3.63) is 65.7 Å². The van der Waals surface area contributed by atoms with Gasteiger partial charge in [0.1, 0.15) is 5.82 Å². The minimum absolute atomic E-state index is 0.0418. The standard InChI is InChI=1S/C20H23FN4O2/c21-17-3-1-14(2-4-17)19(15-5-9-23-10-6-15)24-20(27)16-7-11-25(12-8-16)13-18(22)26/h1-6,9-10,16,19H,7-8,11-13H2,(H2,22,26)(H,24,27)/t19-/m1/s1. The van der Waals surface area contributed by atoms with Crippen LogP contribution < -0.4 is 11.1 Å². The highest BCUT2D eigenvalue weighted by atomic mass is 19.1. The minimum atomic E-state index is -0.371.